The van der Waals surface area contributed by atoms with Crippen molar-refractivity contribution in [3.05, 3.63) is 21.9 Å². The Hall–Kier alpha value is -0.520. The SMILES string of the molecule is CSCCC(C)NC(=O)c1cc(Cl)nnc1Cl. The van der Waals surface area contributed by atoms with Gasteiger partial charge in [0.15, 0.2) is 10.3 Å². The summed E-state index contributed by atoms with van der Waals surface area (Å²) in [6.45, 7) is 1.94. The van der Waals surface area contributed by atoms with Crippen molar-refractivity contribution in [3.63, 3.8) is 0 Å². The molecule has 1 atom stereocenters. The topological polar surface area (TPSA) is 54.9 Å². The van der Waals surface area contributed by atoms with Gasteiger partial charge in [-0.1, -0.05) is 23.2 Å². The molecule has 0 radical (unpaired) electrons. The first-order valence-corrected chi connectivity index (χ1v) is 7.18. The summed E-state index contributed by atoms with van der Waals surface area (Å²) in [6, 6.07) is 1.49. The van der Waals surface area contributed by atoms with E-state index in [1.54, 1.807) is 11.8 Å². The van der Waals surface area contributed by atoms with E-state index in [1.165, 1.54) is 6.07 Å². The van der Waals surface area contributed by atoms with Crippen LogP contribution in [0.1, 0.15) is 23.7 Å². The molecule has 0 saturated heterocycles. The summed E-state index contributed by atoms with van der Waals surface area (Å²) < 4.78 is 0. The molecule has 1 amide bonds. The second-order valence-corrected chi connectivity index (χ2v) is 5.26. The summed E-state index contributed by atoms with van der Waals surface area (Å²) in [5, 5.41) is 10.2. The van der Waals surface area contributed by atoms with Gasteiger partial charge < -0.3 is 5.32 Å². The van der Waals surface area contributed by atoms with Crippen LogP contribution in [0.15, 0.2) is 6.07 Å². The minimum Gasteiger partial charge on any atom is -0.349 e. The summed E-state index contributed by atoms with van der Waals surface area (Å²) >= 11 is 13.2. The maximum Gasteiger partial charge on any atom is 0.254 e. The lowest BCUT2D eigenvalue weighted by Crippen LogP contribution is -2.33. The fourth-order valence-electron chi connectivity index (χ4n) is 1.18. The summed E-state index contributed by atoms with van der Waals surface area (Å²) in [7, 11) is 0. The minimum absolute atomic E-state index is 0.0592. The lowest BCUT2D eigenvalue weighted by atomic mass is 10.2. The van der Waals surface area contributed by atoms with Crippen molar-refractivity contribution in [1.82, 2.24) is 15.5 Å². The van der Waals surface area contributed by atoms with E-state index in [0.717, 1.165) is 12.2 Å². The zero-order chi connectivity index (χ0) is 12.8. The maximum absolute atomic E-state index is 11.9. The third-order valence-electron chi connectivity index (χ3n) is 2.10. The van der Waals surface area contributed by atoms with Gasteiger partial charge in [-0.2, -0.15) is 11.8 Å². The molecule has 4 nitrogen and oxygen atoms in total. The fourth-order valence-corrected chi connectivity index (χ4v) is 2.09. The Morgan fingerprint density at radius 1 is 1.53 bits per heavy atom. The van der Waals surface area contributed by atoms with E-state index in [0.29, 0.717) is 0 Å². The Morgan fingerprint density at radius 2 is 2.24 bits per heavy atom. The van der Waals surface area contributed by atoms with Gasteiger partial charge >= 0.3 is 0 Å². The second-order valence-electron chi connectivity index (χ2n) is 3.53. The lowest BCUT2D eigenvalue weighted by molar-refractivity contribution is 0.0939. The first-order chi connectivity index (χ1) is 8.04. The molecule has 1 aromatic rings. The summed E-state index contributed by atoms with van der Waals surface area (Å²) in [5.74, 6) is 0.713. The van der Waals surface area contributed by atoms with Crippen molar-refractivity contribution in [2.75, 3.05) is 12.0 Å². The zero-order valence-corrected chi connectivity index (χ0v) is 11.9. The standard InChI is InChI=1S/C10H13Cl2N3OS/c1-6(3-4-17-2)13-10(16)7-5-8(11)14-15-9(7)12/h5-6H,3-4H2,1-2H3,(H,13,16). The van der Waals surface area contributed by atoms with E-state index in [4.69, 9.17) is 23.2 Å². The number of hydrogen-bond acceptors (Lipinski definition) is 4. The van der Waals surface area contributed by atoms with Crippen molar-refractivity contribution in [2.45, 2.75) is 19.4 Å². The first kappa shape index (κ1) is 14.5. The van der Waals surface area contributed by atoms with Crippen LogP contribution in [0.3, 0.4) is 0 Å². The molecule has 0 spiro atoms. The fraction of sp³-hybridized carbons (Fsp3) is 0.500. The number of nitrogens with one attached hydrogen (secondary N) is 1. The number of hydrogen-bond donors (Lipinski definition) is 1. The number of amides is 1. The average Bonchev–Trinajstić information content (AvgIpc) is 2.29. The van der Waals surface area contributed by atoms with E-state index in [2.05, 4.69) is 15.5 Å². The van der Waals surface area contributed by atoms with Crippen molar-refractivity contribution in [3.8, 4) is 0 Å². The third-order valence-corrected chi connectivity index (χ3v) is 3.20. The first-order valence-electron chi connectivity index (χ1n) is 5.03. The van der Waals surface area contributed by atoms with Gasteiger partial charge in [0.2, 0.25) is 0 Å². The van der Waals surface area contributed by atoms with Crippen molar-refractivity contribution < 1.29 is 4.79 Å². The third kappa shape index (κ3) is 4.69. The molecule has 0 aliphatic rings. The van der Waals surface area contributed by atoms with Crippen LogP contribution in [0.4, 0.5) is 0 Å². The number of aromatic nitrogens is 2. The predicted octanol–water partition coefficient (Wildman–Crippen LogP) is 2.65. The zero-order valence-electron chi connectivity index (χ0n) is 9.54. The quantitative estimate of drug-likeness (QED) is 0.907. The second kappa shape index (κ2) is 7.03. The van der Waals surface area contributed by atoms with Crippen LogP contribution in [0.5, 0.6) is 0 Å². The van der Waals surface area contributed by atoms with E-state index in [1.807, 2.05) is 13.2 Å². The van der Waals surface area contributed by atoms with Gasteiger partial charge in [0.1, 0.15) is 0 Å². The van der Waals surface area contributed by atoms with Gasteiger partial charge in [-0.3, -0.25) is 4.79 Å². The highest BCUT2D eigenvalue weighted by atomic mass is 35.5. The molecule has 1 rings (SSSR count). The smallest absolute Gasteiger partial charge is 0.254 e. The number of halogens is 2. The molecular weight excluding hydrogens is 281 g/mol. The molecule has 0 bridgehead atoms. The minimum atomic E-state index is -0.277. The van der Waals surface area contributed by atoms with Crippen LogP contribution in [0.2, 0.25) is 10.3 Å². The highest BCUT2D eigenvalue weighted by molar-refractivity contribution is 7.98. The van der Waals surface area contributed by atoms with E-state index >= 15 is 0 Å². The van der Waals surface area contributed by atoms with Crippen LogP contribution in [-0.4, -0.2) is 34.2 Å². The Balaban J connectivity index is 2.66. The van der Waals surface area contributed by atoms with Gasteiger partial charge in [0, 0.05) is 6.04 Å². The number of nitrogens with zero attached hydrogens (tertiary/aromatic N) is 2. The molecule has 1 heterocycles. The molecule has 0 aliphatic heterocycles. The molecule has 7 heteroatoms. The largest absolute Gasteiger partial charge is 0.349 e. The van der Waals surface area contributed by atoms with E-state index in [9.17, 15) is 4.79 Å². The molecular formula is C10H13Cl2N3OS. The van der Waals surface area contributed by atoms with Crippen LogP contribution in [-0.2, 0) is 0 Å². The predicted molar refractivity (Wildman–Crippen MR) is 72.0 cm³/mol. The highest BCUT2D eigenvalue weighted by Crippen LogP contribution is 2.15. The van der Waals surface area contributed by atoms with Gasteiger partial charge in [0.05, 0.1) is 5.56 Å². The number of carbonyl (C=O) groups excluding carboxylic acids is 1. The molecule has 0 aromatic carbocycles. The molecule has 94 valence electrons. The van der Waals surface area contributed by atoms with Crippen LogP contribution >= 0.6 is 35.0 Å². The van der Waals surface area contributed by atoms with Crippen molar-refractivity contribution in [1.29, 1.82) is 0 Å². The monoisotopic (exact) mass is 293 g/mol. The number of thioether (sulfide) groups is 1. The molecule has 1 aromatic heterocycles. The van der Waals surface area contributed by atoms with Gasteiger partial charge in [-0.15, -0.1) is 10.2 Å². The van der Waals surface area contributed by atoms with Crippen molar-refractivity contribution >= 4 is 40.9 Å². The highest BCUT2D eigenvalue weighted by Gasteiger charge is 2.15. The number of carbonyl (C=O) groups is 1. The molecule has 1 unspecified atom stereocenters. The Kier molecular flexibility index (Phi) is 6.02. The Labute approximate surface area is 114 Å². The molecule has 17 heavy (non-hydrogen) atoms. The Morgan fingerprint density at radius 3 is 2.88 bits per heavy atom. The molecule has 0 aliphatic carbocycles. The number of rotatable bonds is 5. The van der Waals surface area contributed by atoms with Crippen molar-refractivity contribution in [2.24, 2.45) is 0 Å². The maximum atomic E-state index is 11.9. The van der Waals surface area contributed by atoms with Crippen LogP contribution < -0.4 is 5.32 Å². The van der Waals surface area contributed by atoms with Gasteiger partial charge in [-0.05, 0) is 31.4 Å². The normalized spacial score (nSPS) is 12.2. The average molecular weight is 294 g/mol. The van der Waals surface area contributed by atoms with Crippen LogP contribution in [0, 0.1) is 0 Å². The molecule has 1 N–H and O–H groups in total. The van der Waals surface area contributed by atoms with E-state index in [-0.39, 0.29) is 27.8 Å². The van der Waals surface area contributed by atoms with Gasteiger partial charge in [-0.25, -0.2) is 0 Å². The summed E-state index contributed by atoms with van der Waals surface area (Å²) in [5.41, 5.74) is 0.252. The Bertz CT molecular complexity index is 403. The van der Waals surface area contributed by atoms with Crippen LogP contribution in [0.25, 0.3) is 0 Å². The lowest BCUT2D eigenvalue weighted by Gasteiger charge is -2.13. The van der Waals surface area contributed by atoms with E-state index < -0.39 is 0 Å². The summed E-state index contributed by atoms with van der Waals surface area (Å²) in [4.78, 5) is 11.9. The summed E-state index contributed by atoms with van der Waals surface area (Å²) in [6.07, 6.45) is 2.93. The molecule has 0 saturated carbocycles. The molecule has 0 fully saturated rings. The van der Waals surface area contributed by atoms with Gasteiger partial charge in [0.25, 0.3) is 5.91 Å².